The van der Waals surface area contributed by atoms with Crippen molar-refractivity contribution in [3.63, 3.8) is 0 Å². The number of carbonyl (C=O) groups excluding carboxylic acids is 1. The molecule has 2 atom stereocenters. The average molecular weight is 340 g/mol. The number of amides is 1. The SMILES string of the molecule is C[C@@H](Nc1cccc(OC[C@H]2CCCO2)c1)C(=O)Nc1ccccc1. The van der Waals surface area contributed by atoms with Gasteiger partial charge < -0.3 is 20.1 Å². The van der Waals surface area contributed by atoms with Crippen molar-refractivity contribution >= 4 is 17.3 Å². The fourth-order valence-electron chi connectivity index (χ4n) is 2.73. The molecule has 0 aliphatic carbocycles. The standard InChI is InChI=1S/C20H24N2O3/c1-15(20(23)22-16-7-3-2-4-8-16)21-17-9-5-10-18(13-17)25-14-19-11-6-12-24-19/h2-5,7-10,13,15,19,21H,6,11-12,14H2,1H3,(H,22,23)/t15-,19-/m1/s1. The predicted molar refractivity (Wildman–Crippen MR) is 99.1 cm³/mol. The van der Waals surface area contributed by atoms with Gasteiger partial charge in [-0.25, -0.2) is 0 Å². The second-order valence-electron chi connectivity index (χ2n) is 6.20. The minimum Gasteiger partial charge on any atom is -0.491 e. The molecule has 0 saturated carbocycles. The minimum absolute atomic E-state index is 0.0862. The fraction of sp³-hybridized carbons (Fsp3) is 0.350. The molecule has 0 unspecified atom stereocenters. The third kappa shape index (κ3) is 5.22. The molecule has 2 aromatic rings. The number of ether oxygens (including phenoxy) is 2. The predicted octanol–water partition coefficient (Wildman–Crippen LogP) is 3.68. The van der Waals surface area contributed by atoms with Gasteiger partial charge in [0.1, 0.15) is 18.4 Å². The molecule has 1 fully saturated rings. The van der Waals surface area contributed by atoms with Crippen LogP contribution in [0.4, 0.5) is 11.4 Å². The van der Waals surface area contributed by atoms with Gasteiger partial charge in [0.05, 0.1) is 6.10 Å². The summed E-state index contributed by atoms with van der Waals surface area (Å²) < 4.78 is 11.4. The van der Waals surface area contributed by atoms with E-state index in [2.05, 4.69) is 10.6 Å². The summed E-state index contributed by atoms with van der Waals surface area (Å²) in [6, 6.07) is 16.7. The fourth-order valence-corrected chi connectivity index (χ4v) is 2.73. The number of hydrogen-bond donors (Lipinski definition) is 2. The average Bonchev–Trinajstić information content (AvgIpc) is 3.15. The number of carbonyl (C=O) groups is 1. The molecule has 2 N–H and O–H groups in total. The highest BCUT2D eigenvalue weighted by Crippen LogP contribution is 2.20. The Morgan fingerprint density at radius 1 is 1.20 bits per heavy atom. The lowest BCUT2D eigenvalue weighted by Gasteiger charge is -2.17. The lowest BCUT2D eigenvalue weighted by Crippen LogP contribution is -2.31. The second kappa shape index (κ2) is 8.53. The van der Waals surface area contributed by atoms with Crippen molar-refractivity contribution in [2.24, 2.45) is 0 Å². The Labute approximate surface area is 148 Å². The molecule has 25 heavy (non-hydrogen) atoms. The first-order valence-corrected chi connectivity index (χ1v) is 8.67. The molecule has 132 valence electrons. The Morgan fingerprint density at radius 3 is 2.76 bits per heavy atom. The van der Waals surface area contributed by atoms with Crippen molar-refractivity contribution in [3.05, 3.63) is 54.6 Å². The number of hydrogen-bond acceptors (Lipinski definition) is 4. The van der Waals surface area contributed by atoms with Crippen LogP contribution in [0.1, 0.15) is 19.8 Å². The van der Waals surface area contributed by atoms with E-state index in [4.69, 9.17) is 9.47 Å². The Morgan fingerprint density at radius 2 is 2.00 bits per heavy atom. The highest BCUT2D eigenvalue weighted by molar-refractivity contribution is 5.96. The van der Waals surface area contributed by atoms with E-state index in [1.807, 2.05) is 61.5 Å². The van der Waals surface area contributed by atoms with Gasteiger partial charge >= 0.3 is 0 Å². The van der Waals surface area contributed by atoms with Crippen molar-refractivity contribution in [1.29, 1.82) is 0 Å². The Hall–Kier alpha value is -2.53. The summed E-state index contributed by atoms with van der Waals surface area (Å²) in [6.45, 7) is 3.22. The van der Waals surface area contributed by atoms with E-state index < -0.39 is 0 Å². The van der Waals surface area contributed by atoms with Gasteiger partial charge in [-0.15, -0.1) is 0 Å². The van der Waals surface area contributed by atoms with Crippen LogP contribution in [0, 0.1) is 0 Å². The van der Waals surface area contributed by atoms with Gasteiger partial charge in [-0.1, -0.05) is 24.3 Å². The summed E-state index contributed by atoms with van der Waals surface area (Å²) in [5.74, 6) is 0.688. The van der Waals surface area contributed by atoms with Crippen LogP contribution in [0.15, 0.2) is 54.6 Å². The van der Waals surface area contributed by atoms with E-state index in [0.29, 0.717) is 6.61 Å². The number of para-hydroxylation sites is 1. The molecule has 0 bridgehead atoms. The lowest BCUT2D eigenvalue weighted by atomic mass is 10.2. The van der Waals surface area contributed by atoms with Crippen molar-refractivity contribution in [3.8, 4) is 5.75 Å². The summed E-state index contributed by atoms with van der Waals surface area (Å²) in [5.41, 5.74) is 1.63. The molecule has 5 heteroatoms. The molecule has 0 radical (unpaired) electrons. The van der Waals surface area contributed by atoms with E-state index >= 15 is 0 Å². The van der Waals surface area contributed by atoms with Crippen LogP contribution in [0.3, 0.4) is 0 Å². The van der Waals surface area contributed by atoms with Crippen molar-refractivity contribution in [1.82, 2.24) is 0 Å². The van der Waals surface area contributed by atoms with Crippen LogP contribution < -0.4 is 15.4 Å². The van der Waals surface area contributed by atoms with E-state index in [-0.39, 0.29) is 18.1 Å². The molecule has 1 aliphatic heterocycles. The third-order valence-electron chi connectivity index (χ3n) is 4.11. The molecule has 5 nitrogen and oxygen atoms in total. The summed E-state index contributed by atoms with van der Waals surface area (Å²) in [7, 11) is 0. The molecule has 3 rings (SSSR count). The molecule has 0 aromatic heterocycles. The molecule has 1 amide bonds. The second-order valence-corrected chi connectivity index (χ2v) is 6.20. The van der Waals surface area contributed by atoms with Crippen molar-refractivity contribution < 1.29 is 14.3 Å². The molecule has 2 aromatic carbocycles. The number of benzene rings is 2. The highest BCUT2D eigenvalue weighted by Gasteiger charge is 2.16. The van der Waals surface area contributed by atoms with Gasteiger partial charge in [0.25, 0.3) is 0 Å². The number of anilines is 2. The van der Waals surface area contributed by atoms with Crippen molar-refractivity contribution in [2.45, 2.75) is 31.9 Å². The maximum atomic E-state index is 12.3. The summed E-state index contributed by atoms with van der Waals surface area (Å²) in [6.07, 6.45) is 2.34. The molecule has 1 heterocycles. The highest BCUT2D eigenvalue weighted by atomic mass is 16.5. The molecular weight excluding hydrogens is 316 g/mol. The van der Waals surface area contributed by atoms with E-state index in [1.54, 1.807) is 0 Å². The lowest BCUT2D eigenvalue weighted by molar-refractivity contribution is -0.116. The van der Waals surface area contributed by atoms with Gasteiger partial charge in [-0.2, -0.15) is 0 Å². The molecular formula is C20H24N2O3. The smallest absolute Gasteiger partial charge is 0.246 e. The van der Waals surface area contributed by atoms with Crippen LogP contribution in [-0.4, -0.2) is 31.3 Å². The molecule has 1 aliphatic rings. The van der Waals surface area contributed by atoms with E-state index in [0.717, 1.165) is 36.6 Å². The topological polar surface area (TPSA) is 59.6 Å². The van der Waals surface area contributed by atoms with Crippen LogP contribution >= 0.6 is 0 Å². The van der Waals surface area contributed by atoms with E-state index in [9.17, 15) is 4.79 Å². The maximum Gasteiger partial charge on any atom is 0.246 e. The number of rotatable bonds is 7. The van der Waals surface area contributed by atoms with Crippen LogP contribution in [0.5, 0.6) is 5.75 Å². The zero-order valence-electron chi connectivity index (χ0n) is 14.4. The van der Waals surface area contributed by atoms with Crippen LogP contribution in [-0.2, 0) is 9.53 Å². The van der Waals surface area contributed by atoms with Gasteiger partial charge in [0, 0.05) is 24.0 Å². The number of nitrogens with one attached hydrogen (secondary N) is 2. The van der Waals surface area contributed by atoms with E-state index in [1.165, 1.54) is 0 Å². The van der Waals surface area contributed by atoms with Gasteiger partial charge in [-0.3, -0.25) is 4.79 Å². The zero-order valence-corrected chi connectivity index (χ0v) is 14.4. The zero-order chi connectivity index (χ0) is 17.5. The van der Waals surface area contributed by atoms with Gasteiger partial charge in [-0.05, 0) is 44.0 Å². The minimum atomic E-state index is -0.367. The van der Waals surface area contributed by atoms with Crippen LogP contribution in [0.2, 0.25) is 0 Å². The monoisotopic (exact) mass is 340 g/mol. The Kier molecular flexibility index (Phi) is 5.90. The quantitative estimate of drug-likeness (QED) is 0.807. The summed E-state index contributed by atoms with van der Waals surface area (Å²) >= 11 is 0. The maximum absolute atomic E-state index is 12.3. The van der Waals surface area contributed by atoms with Gasteiger partial charge in [0.2, 0.25) is 5.91 Å². The molecule has 1 saturated heterocycles. The summed E-state index contributed by atoms with van der Waals surface area (Å²) in [4.78, 5) is 12.3. The van der Waals surface area contributed by atoms with Crippen molar-refractivity contribution in [2.75, 3.05) is 23.8 Å². The third-order valence-corrected chi connectivity index (χ3v) is 4.11. The Bertz CT molecular complexity index is 684. The Balaban J connectivity index is 1.52. The first-order chi connectivity index (χ1) is 12.2. The van der Waals surface area contributed by atoms with Crippen LogP contribution in [0.25, 0.3) is 0 Å². The first-order valence-electron chi connectivity index (χ1n) is 8.67. The molecule has 0 spiro atoms. The summed E-state index contributed by atoms with van der Waals surface area (Å²) in [5, 5.41) is 6.10. The first kappa shape index (κ1) is 17.3. The largest absolute Gasteiger partial charge is 0.491 e. The normalized spacial score (nSPS) is 17.7. The van der Waals surface area contributed by atoms with Gasteiger partial charge in [0.15, 0.2) is 0 Å².